The second-order valence-electron chi connectivity index (χ2n) is 6.61. The number of nitrogens with two attached hydrogens (primary N) is 1. The van der Waals surface area contributed by atoms with Crippen molar-refractivity contribution in [1.82, 2.24) is 15.4 Å². The van der Waals surface area contributed by atoms with Crippen LogP contribution in [0.1, 0.15) is 12.8 Å². The van der Waals surface area contributed by atoms with Gasteiger partial charge in [0.05, 0.1) is 38.1 Å². The smallest absolute Gasteiger partial charge is 0.240 e. The number of sulfonamides is 1. The molecule has 5 N–H and O–H groups in total. The molecule has 0 aliphatic rings. The van der Waals surface area contributed by atoms with E-state index in [2.05, 4.69) is 15.4 Å². The van der Waals surface area contributed by atoms with E-state index >= 15 is 0 Å². The van der Waals surface area contributed by atoms with Crippen LogP contribution in [-0.4, -0.2) is 72.0 Å². The number of nitrogen functional groups attached to an aromatic ring is 1. The number of nitrogens with one attached hydrogen (secondary N) is 3. The van der Waals surface area contributed by atoms with Crippen LogP contribution in [0.3, 0.4) is 0 Å². The zero-order valence-corrected chi connectivity index (χ0v) is 16.5. The summed E-state index contributed by atoms with van der Waals surface area (Å²) in [5.74, 6) is 0. The van der Waals surface area contributed by atoms with E-state index in [4.69, 9.17) is 5.73 Å². The van der Waals surface area contributed by atoms with Crippen molar-refractivity contribution in [1.29, 1.82) is 0 Å². The molecule has 2 amide bonds. The van der Waals surface area contributed by atoms with Crippen molar-refractivity contribution in [3.8, 4) is 0 Å². The van der Waals surface area contributed by atoms with Gasteiger partial charge in [-0.2, -0.15) is 0 Å². The quantitative estimate of drug-likeness (QED) is 0.133. The summed E-state index contributed by atoms with van der Waals surface area (Å²) in [6, 6.07) is 6.05. The molecule has 10 heteroatoms. The van der Waals surface area contributed by atoms with Gasteiger partial charge >= 0.3 is 0 Å². The minimum Gasteiger partial charge on any atom is -0.399 e. The highest BCUT2D eigenvalue weighted by Gasteiger charge is 2.22. The van der Waals surface area contributed by atoms with Gasteiger partial charge in [0, 0.05) is 31.6 Å². The Morgan fingerprint density at radius 3 is 1.93 bits per heavy atom. The van der Waals surface area contributed by atoms with Crippen molar-refractivity contribution in [3.63, 3.8) is 0 Å². The van der Waals surface area contributed by atoms with E-state index < -0.39 is 10.0 Å². The maximum atomic E-state index is 12.4. The molecule has 0 heterocycles. The van der Waals surface area contributed by atoms with Gasteiger partial charge in [0.1, 0.15) is 0 Å². The average Bonchev–Trinajstić information content (AvgIpc) is 2.63. The lowest BCUT2D eigenvalue weighted by atomic mass is 10.2. The molecule has 152 valence electrons. The number of amides is 2. The van der Waals surface area contributed by atoms with Crippen LogP contribution in [0.2, 0.25) is 0 Å². The number of carbonyl (C=O) groups is 2. The third-order valence-electron chi connectivity index (χ3n) is 4.34. The van der Waals surface area contributed by atoms with Crippen molar-refractivity contribution in [3.05, 3.63) is 24.3 Å². The topological polar surface area (TPSA) is 130 Å². The summed E-state index contributed by atoms with van der Waals surface area (Å²) in [5, 5.41) is 5.27. The number of hydrogen-bond acceptors (Lipinski definition) is 5. The predicted molar refractivity (Wildman–Crippen MR) is 104 cm³/mol. The lowest BCUT2D eigenvalue weighted by Gasteiger charge is -2.35. The van der Waals surface area contributed by atoms with Crippen LogP contribution in [0.15, 0.2) is 29.2 Å². The van der Waals surface area contributed by atoms with E-state index in [-0.39, 0.29) is 11.4 Å². The van der Waals surface area contributed by atoms with Gasteiger partial charge in [-0.05, 0) is 24.3 Å². The lowest BCUT2D eigenvalue weighted by molar-refractivity contribution is -0.908. The summed E-state index contributed by atoms with van der Waals surface area (Å²) in [4.78, 5) is 20.9. The van der Waals surface area contributed by atoms with Crippen molar-refractivity contribution >= 4 is 28.5 Å². The first-order valence-corrected chi connectivity index (χ1v) is 10.3. The van der Waals surface area contributed by atoms with Gasteiger partial charge in [-0.3, -0.25) is 9.59 Å². The van der Waals surface area contributed by atoms with Crippen LogP contribution in [-0.2, 0) is 19.6 Å². The highest BCUT2D eigenvalue weighted by atomic mass is 32.2. The van der Waals surface area contributed by atoms with Crippen molar-refractivity contribution in [2.75, 3.05) is 52.0 Å². The third kappa shape index (κ3) is 8.85. The number of benzene rings is 1. The molecule has 1 rings (SSSR count). The molecule has 9 nitrogen and oxygen atoms in total. The first-order valence-electron chi connectivity index (χ1n) is 8.86. The van der Waals surface area contributed by atoms with Gasteiger partial charge in [0.25, 0.3) is 0 Å². The Morgan fingerprint density at radius 1 is 0.926 bits per heavy atom. The number of likely N-dealkylation sites (N-methyl/N-ethyl adjacent to an activating group) is 1. The van der Waals surface area contributed by atoms with Crippen LogP contribution in [0.5, 0.6) is 0 Å². The molecule has 0 unspecified atom stereocenters. The molecule has 0 aromatic heterocycles. The van der Waals surface area contributed by atoms with E-state index in [1.807, 2.05) is 7.05 Å². The van der Waals surface area contributed by atoms with Crippen LogP contribution in [0.25, 0.3) is 0 Å². The van der Waals surface area contributed by atoms with Crippen LogP contribution in [0, 0.1) is 0 Å². The molecule has 0 atom stereocenters. The molecule has 0 saturated carbocycles. The molecule has 1 aromatic rings. The Balaban J connectivity index is 2.60. The summed E-state index contributed by atoms with van der Waals surface area (Å²) in [7, 11) is -1.55. The highest BCUT2D eigenvalue weighted by molar-refractivity contribution is 7.89. The van der Waals surface area contributed by atoms with Gasteiger partial charge in [0.2, 0.25) is 22.8 Å². The molecule has 1 aromatic carbocycles. The van der Waals surface area contributed by atoms with E-state index in [1.54, 1.807) is 12.1 Å². The number of rotatable bonds is 15. The monoisotopic (exact) mass is 400 g/mol. The highest BCUT2D eigenvalue weighted by Crippen LogP contribution is 2.12. The normalized spacial score (nSPS) is 11.7. The lowest BCUT2D eigenvalue weighted by Crippen LogP contribution is -2.50. The zero-order chi connectivity index (χ0) is 20.2. The Morgan fingerprint density at radius 2 is 1.44 bits per heavy atom. The fraction of sp³-hybridized carbons (Fsp3) is 0.529. The van der Waals surface area contributed by atoms with Gasteiger partial charge in [-0.25, -0.2) is 13.1 Å². The maximum Gasteiger partial charge on any atom is 0.240 e. The molecule has 0 spiro atoms. The minimum atomic E-state index is -3.59. The molecule has 0 aliphatic carbocycles. The Labute approximate surface area is 160 Å². The minimum absolute atomic E-state index is 0.177. The zero-order valence-electron chi connectivity index (χ0n) is 15.7. The van der Waals surface area contributed by atoms with E-state index in [0.29, 0.717) is 42.6 Å². The molecule has 0 fully saturated rings. The van der Waals surface area contributed by atoms with Crippen LogP contribution < -0.4 is 21.1 Å². The van der Waals surface area contributed by atoms with E-state index in [9.17, 15) is 18.0 Å². The van der Waals surface area contributed by atoms with E-state index in [0.717, 1.165) is 25.9 Å². The van der Waals surface area contributed by atoms with E-state index in [1.165, 1.54) is 12.1 Å². The summed E-state index contributed by atoms with van der Waals surface area (Å²) in [6.45, 7) is 3.58. The van der Waals surface area contributed by atoms with Gasteiger partial charge < -0.3 is 20.9 Å². The summed E-state index contributed by atoms with van der Waals surface area (Å²) < 4.78 is 28.0. The first kappa shape index (κ1) is 22.9. The number of hydrogen-bond donors (Lipinski definition) is 4. The number of quaternary nitrogens is 1. The molecule has 0 bridgehead atoms. The van der Waals surface area contributed by atoms with Gasteiger partial charge in [-0.15, -0.1) is 0 Å². The second kappa shape index (κ2) is 11.5. The number of nitrogens with zero attached hydrogens (tertiary/aromatic N) is 1. The predicted octanol–water partition coefficient (Wildman–Crippen LogP) is -0.734. The largest absolute Gasteiger partial charge is 0.399 e. The maximum absolute atomic E-state index is 12.4. The fourth-order valence-corrected chi connectivity index (χ4v) is 3.78. The molecular formula is C17H30N5O4S+. The molecular weight excluding hydrogens is 370 g/mol. The van der Waals surface area contributed by atoms with Gasteiger partial charge in [-0.1, -0.05) is 0 Å². The Kier molecular flexibility index (Phi) is 9.76. The molecule has 0 aliphatic heterocycles. The third-order valence-corrected chi connectivity index (χ3v) is 5.82. The van der Waals surface area contributed by atoms with Crippen molar-refractivity contribution in [2.45, 2.75) is 17.7 Å². The molecule has 0 saturated heterocycles. The average molecular weight is 401 g/mol. The van der Waals surface area contributed by atoms with Gasteiger partial charge in [0.15, 0.2) is 0 Å². The summed E-state index contributed by atoms with van der Waals surface area (Å²) in [5.41, 5.74) is 6.10. The molecule has 0 radical (unpaired) electrons. The molecule has 27 heavy (non-hydrogen) atoms. The van der Waals surface area contributed by atoms with Crippen molar-refractivity contribution in [2.24, 2.45) is 0 Å². The summed E-state index contributed by atoms with van der Waals surface area (Å²) >= 11 is 0. The van der Waals surface area contributed by atoms with Crippen LogP contribution >= 0.6 is 0 Å². The number of carbonyl (C=O) groups excluding carboxylic acids is 2. The van der Waals surface area contributed by atoms with Crippen molar-refractivity contribution < 1.29 is 22.5 Å². The second-order valence-corrected chi connectivity index (χ2v) is 8.38. The standard InChI is InChI=1S/C17H29N5O4S/c1-22(11-2-8-19-14-23,12-3-9-20-15-24)13-10-21-27(25,26)17-6-4-16(18)5-7-17/h4-7,14-15,21H,2-3,8-13,18H2,1H3,(H-,19,20,23,24)/p+1. The first-order chi connectivity index (χ1) is 12.8. The Hall–Kier alpha value is -2.17. The summed E-state index contributed by atoms with van der Waals surface area (Å²) in [6.07, 6.45) is 2.89. The fourth-order valence-electron chi connectivity index (χ4n) is 2.76. The van der Waals surface area contributed by atoms with Crippen LogP contribution in [0.4, 0.5) is 5.69 Å². The SMILES string of the molecule is C[N+](CCCNC=O)(CCCNC=O)CCNS(=O)(=O)c1ccc(N)cc1. The Bertz CT molecular complexity index is 663. The number of anilines is 1.